The second-order valence-electron chi connectivity index (χ2n) is 2.09. The zero-order chi connectivity index (χ0) is 6.85. The number of carbonyl (C=O) groups is 1. The number of piperidine rings is 1. The largest absolute Gasteiger partial charge is 0.384 e. The van der Waals surface area contributed by atoms with E-state index in [1.807, 2.05) is 0 Å². The summed E-state index contributed by atoms with van der Waals surface area (Å²) in [5, 5.41) is 20.2. The van der Waals surface area contributed by atoms with Crippen LogP contribution in [-0.4, -0.2) is 41.3 Å². The number of aliphatic hydroxyl groups excluding tert-OH is 2. The molecule has 0 aromatic heterocycles. The Labute approximate surface area is 52.5 Å². The molecule has 1 saturated heterocycles. The van der Waals surface area contributed by atoms with Crippen molar-refractivity contribution in [1.82, 2.24) is 5.32 Å². The summed E-state index contributed by atoms with van der Waals surface area (Å²) in [5.74, 6) is -0.478. The minimum atomic E-state index is -1.02. The van der Waals surface area contributed by atoms with Crippen LogP contribution in [0.4, 0.5) is 0 Å². The van der Waals surface area contributed by atoms with E-state index < -0.39 is 18.0 Å². The van der Waals surface area contributed by atoms with Crippen molar-refractivity contribution in [3.05, 3.63) is 0 Å². The number of nitrogens with one attached hydrogen (secondary N) is 1. The van der Waals surface area contributed by atoms with Crippen molar-refractivity contribution in [2.24, 2.45) is 0 Å². The van der Waals surface area contributed by atoms with Crippen molar-refractivity contribution in [2.45, 2.75) is 12.2 Å². The Morgan fingerprint density at radius 3 is 2.11 bits per heavy atom. The highest BCUT2D eigenvalue weighted by molar-refractivity contribution is 5.88. The van der Waals surface area contributed by atoms with Gasteiger partial charge in [0.1, 0.15) is 12.2 Å². The molecule has 0 aromatic rings. The van der Waals surface area contributed by atoms with E-state index >= 15 is 0 Å². The van der Waals surface area contributed by atoms with Crippen LogP contribution >= 0.6 is 0 Å². The van der Waals surface area contributed by atoms with Crippen LogP contribution in [0.3, 0.4) is 0 Å². The third-order valence-electron chi connectivity index (χ3n) is 1.33. The third kappa shape index (κ3) is 1.27. The van der Waals surface area contributed by atoms with E-state index in [9.17, 15) is 4.79 Å². The first-order valence-electron chi connectivity index (χ1n) is 2.82. The number of hydrogen-bond acceptors (Lipinski definition) is 4. The highest BCUT2D eigenvalue weighted by Gasteiger charge is 2.27. The van der Waals surface area contributed by atoms with Crippen molar-refractivity contribution in [1.29, 1.82) is 0 Å². The van der Waals surface area contributed by atoms with E-state index in [0.29, 0.717) is 0 Å². The number of β-amino-alcohol motifs (C(OH)–C–C–N with tert-alkyl or cyclic N) is 2. The van der Waals surface area contributed by atoms with Crippen molar-refractivity contribution in [3.8, 4) is 0 Å². The summed E-state index contributed by atoms with van der Waals surface area (Å²) in [7, 11) is 0. The summed E-state index contributed by atoms with van der Waals surface area (Å²) in [6, 6.07) is 0. The fourth-order valence-electron chi connectivity index (χ4n) is 0.780. The van der Waals surface area contributed by atoms with Crippen LogP contribution in [-0.2, 0) is 4.79 Å². The average molecular weight is 131 g/mol. The maximum Gasteiger partial charge on any atom is 0.192 e. The second kappa shape index (κ2) is 2.43. The molecule has 1 heterocycles. The van der Waals surface area contributed by atoms with Crippen molar-refractivity contribution in [2.75, 3.05) is 13.1 Å². The maximum atomic E-state index is 10.6. The van der Waals surface area contributed by atoms with Gasteiger partial charge in [-0.1, -0.05) is 0 Å². The molecule has 4 nitrogen and oxygen atoms in total. The van der Waals surface area contributed by atoms with Gasteiger partial charge in [0.2, 0.25) is 0 Å². The van der Waals surface area contributed by atoms with Crippen molar-refractivity contribution in [3.63, 3.8) is 0 Å². The lowest BCUT2D eigenvalue weighted by Gasteiger charge is -2.20. The zero-order valence-electron chi connectivity index (χ0n) is 4.87. The van der Waals surface area contributed by atoms with Crippen LogP contribution in [0.1, 0.15) is 0 Å². The van der Waals surface area contributed by atoms with Crippen LogP contribution in [0.2, 0.25) is 0 Å². The Hall–Kier alpha value is -0.450. The molecule has 2 unspecified atom stereocenters. The number of ketones is 1. The molecule has 0 bridgehead atoms. The van der Waals surface area contributed by atoms with E-state index in [0.717, 1.165) is 0 Å². The van der Waals surface area contributed by atoms with E-state index in [4.69, 9.17) is 10.2 Å². The van der Waals surface area contributed by atoms with Gasteiger partial charge in [-0.3, -0.25) is 4.79 Å². The smallest absolute Gasteiger partial charge is 0.192 e. The van der Waals surface area contributed by atoms with Gasteiger partial charge in [0.15, 0.2) is 5.78 Å². The van der Waals surface area contributed by atoms with Crippen LogP contribution in [0.5, 0.6) is 0 Å². The van der Waals surface area contributed by atoms with E-state index in [-0.39, 0.29) is 13.1 Å². The number of aliphatic hydroxyl groups is 2. The summed E-state index contributed by atoms with van der Waals surface area (Å²) in [5.41, 5.74) is 0. The molecule has 4 heteroatoms. The predicted molar refractivity (Wildman–Crippen MR) is 29.9 cm³/mol. The molecule has 0 aliphatic carbocycles. The molecule has 0 amide bonds. The van der Waals surface area contributed by atoms with Crippen molar-refractivity contribution >= 4 is 5.78 Å². The lowest BCUT2D eigenvalue weighted by atomic mass is 10.1. The van der Waals surface area contributed by atoms with Gasteiger partial charge in [-0.05, 0) is 0 Å². The molecule has 1 rings (SSSR count). The molecule has 2 atom stereocenters. The molecular formula is C5H9NO3. The van der Waals surface area contributed by atoms with Crippen LogP contribution in [0.25, 0.3) is 0 Å². The topological polar surface area (TPSA) is 69.6 Å². The Morgan fingerprint density at radius 1 is 1.33 bits per heavy atom. The molecule has 1 fully saturated rings. The second-order valence-corrected chi connectivity index (χ2v) is 2.09. The minimum Gasteiger partial charge on any atom is -0.384 e. The summed E-state index contributed by atoms with van der Waals surface area (Å²) in [6.45, 7) is 0.520. The molecule has 0 spiro atoms. The Kier molecular flexibility index (Phi) is 1.80. The number of hydrogen-bond donors (Lipinski definition) is 3. The van der Waals surface area contributed by atoms with Crippen molar-refractivity contribution < 1.29 is 15.0 Å². The monoisotopic (exact) mass is 131 g/mol. The van der Waals surface area contributed by atoms with Crippen LogP contribution in [0.15, 0.2) is 0 Å². The predicted octanol–water partition coefficient (Wildman–Crippen LogP) is -2.12. The summed E-state index contributed by atoms with van der Waals surface area (Å²) in [6.07, 6.45) is -2.04. The summed E-state index contributed by atoms with van der Waals surface area (Å²) < 4.78 is 0. The van der Waals surface area contributed by atoms with E-state index in [1.54, 1.807) is 0 Å². The van der Waals surface area contributed by atoms with E-state index in [2.05, 4.69) is 5.32 Å². The third-order valence-corrected chi connectivity index (χ3v) is 1.33. The minimum absolute atomic E-state index is 0.260. The maximum absolute atomic E-state index is 10.6. The fraction of sp³-hybridized carbons (Fsp3) is 0.800. The van der Waals surface area contributed by atoms with Gasteiger partial charge < -0.3 is 15.5 Å². The standard InChI is InChI=1S/C5H9NO3/c7-3-1-6-2-4(8)5(3)9/h3-4,6-8H,1-2H2. The summed E-state index contributed by atoms with van der Waals surface area (Å²) in [4.78, 5) is 10.6. The highest BCUT2D eigenvalue weighted by atomic mass is 16.3. The Balaban J connectivity index is 2.52. The Bertz CT molecular complexity index is 113. The van der Waals surface area contributed by atoms with Gasteiger partial charge in [0, 0.05) is 13.1 Å². The van der Waals surface area contributed by atoms with Crippen LogP contribution in [0, 0.1) is 0 Å². The fourth-order valence-corrected chi connectivity index (χ4v) is 0.780. The molecule has 0 aromatic carbocycles. The first-order valence-corrected chi connectivity index (χ1v) is 2.82. The highest BCUT2D eigenvalue weighted by Crippen LogP contribution is 1.96. The number of rotatable bonds is 0. The summed E-state index contributed by atoms with van der Waals surface area (Å²) >= 11 is 0. The Morgan fingerprint density at radius 2 is 1.78 bits per heavy atom. The molecule has 1 aliphatic heterocycles. The number of Topliss-reactive ketones (excluding diaryl/α,β-unsaturated/α-hetero) is 1. The van der Waals surface area contributed by atoms with Gasteiger partial charge in [-0.25, -0.2) is 0 Å². The number of carbonyl (C=O) groups excluding carboxylic acids is 1. The van der Waals surface area contributed by atoms with Crippen LogP contribution < -0.4 is 5.32 Å². The molecule has 9 heavy (non-hydrogen) atoms. The first-order chi connectivity index (χ1) is 4.22. The lowest BCUT2D eigenvalue weighted by Crippen LogP contribution is -2.50. The molecular weight excluding hydrogens is 122 g/mol. The SMILES string of the molecule is O=C1C(O)CNCC1O. The molecule has 1 aliphatic rings. The van der Waals surface area contributed by atoms with Gasteiger partial charge in [-0.2, -0.15) is 0 Å². The van der Waals surface area contributed by atoms with Gasteiger partial charge in [0.05, 0.1) is 0 Å². The van der Waals surface area contributed by atoms with Gasteiger partial charge in [0.25, 0.3) is 0 Å². The lowest BCUT2D eigenvalue weighted by molar-refractivity contribution is -0.137. The van der Waals surface area contributed by atoms with Gasteiger partial charge in [-0.15, -0.1) is 0 Å². The van der Waals surface area contributed by atoms with E-state index in [1.165, 1.54) is 0 Å². The average Bonchev–Trinajstić information content (AvgIpc) is 1.83. The van der Waals surface area contributed by atoms with Gasteiger partial charge >= 0.3 is 0 Å². The molecule has 52 valence electrons. The molecule has 3 N–H and O–H groups in total. The zero-order valence-corrected chi connectivity index (χ0v) is 4.87. The quantitative estimate of drug-likeness (QED) is 0.351. The molecule has 0 radical (unpaired) electrons. The molecule has 0 saturated carbocycles. The normalized spacial score (nSPS) is 36.9. The first kappa shape index (κ1) is 6.67.